The van der Waals surface area contributed by atoms with Crippen molar-refractivity contribution in [3.05, 3.63) is 48.6 Å². The Morgan fingerprint density at radius 1 is 0.561 bits per heavy atom. The summed E-state index contributed by atoms with van der Waals surface area (Å²) in [4.78, 5) is 46.0. The molecule has 3 unspecified atom stereocenters. The molecule has 0 aromatic heterocycles. The molecule has 0 rings (SSSR count). The molecule has 0 amide bonds. The van der Waals surface area contributed by atoms with Gasteiger partial charge in [-0.2, -0.15) is 0 Å². The molecule has 0 bridgehead atoms. The summed E-state index contributed by atoms with van der Waals surface area (Å²) < 4.78 is 32.7. The maximum Gasteiger partial charge on any atom is 0.472 e. The van der Waals surface area contributed by atoms with Crippen LogP contribution in [0.3, 0.4) is 0 Å². The van der Waals surface area contributed by atoms with Gasteiger partial charge in [0.1, 0.15) is 12.6 Å². The number of carboxylic acids is 1. The van der Waals surface area contributed by atoms with Gasteiger partial charge in [0.15, 0.2) is 6.10 Å². The van der Waals surface area contributed by atoms with E-state index in [-0.39, 0.29) is 19.4 Å². The summed E-state index contributed by atoms with van der Waals surface area (Å²) in [6.07, 6.45) is 44.6. The van der Waals surface area contributed by atoms with E-state index in [4.69, 9.17) is 24.8 Å². The molecular formula is C45H80NO10P. The number of aliphatic carboxylic acids is 1. The summed E-state index contributed by atoms with van der Waals surface area (Å²) in [5.74, 6) is -2.41. The molecule has 0 aliphatic heterocycles. The Kier molecular flexibility index (Phi) is 38.4. The zero-order valence-corrected chi connectivity index (χ0v) is 36.6. The van der Waals surface area contributed by atoms with E-state index in [2.05, 4.69) is 67.0 Å². The zero-order chi connectivity index (χ0) is 42.1. The second-order valence-corrected chi connectivity index (χ2v) is 16.2. The van der Waals surface area contributed by atoms with Crippen molar-refractivity contribution in [3.63, 3.8) is 0 Å². The van der Waals surface area contributed by atoms with Gasteiger partial charge in [-0.3, -0.25) is 23.4 Å². The van der Waals surface area contributed by atoms with E-state index in [1.54, 1.807) is 0 Å². The third kappa shape index (κ3) is 40.0. The smallest absolute Gasteiger partial charge is 0.472 e. The van der Waals surface area contributed by atoms with Crippen LogP contribution in [-0.2, 0) is 37.5 Å². The molecule has 4 N–H and O–H groups in total. The van der Waals surface area contributed by atoms with Crippen LogP contribution in [0.5, 0.6) is 0 Å². The number of esters is 2. The molecule has 12 heteroatoms. The number of hydrogen-bond donors (Lipinski definition) is 3. The van der Waals surface area contributed by atoms with Crippen LogP contribution < -0.4 is 5.73 Å². The summed E-state index contributed by atoms with van der Waals surface area (Å²) in [6.45, 7) is 2.67. The van der Waals surface area contributed by atoms with Crippen LogP contribution in [-0.4, -0.2) is 59.9 Å². The zero-order valence-electron chi connectivity index (χ0n) is 35.7. The lowest BCUT2D eigenvalue weighted by molar-refractivity contribution is -0.161. The Morgan fingerprint density at radius 2 is 0.982 bits per heavy atom. The van der Waals surface area contributed by atoms with Gasteiger partial charge in [-0.05, 0) is 70.6 Å². The lowest BCUT2D eigenvalue weighted by Gasteiger charge is -2.20. The minimum atomic E-state index is -4.72. The van der Waals surface area contributed by atoms with Crippen LogP contribution in [0.2, 0.25) is 0 Å². The number of carbonyl (C=O) groups is 3. The largest absolute Gasteiger partial charge is 0.480 e. The molecule has 0 aromatic carbocycles. The van der Waals surface area contributed by atoms with Crippen molar-refractivity contribution in [2.24, 2.45) is 5.73 Å². The highest BCUT2D eigenvalue weighted by Crippen LogP contribution is 2.43. The number of rotatable bonds is 41. The molecule has 0 saturated carbocycles. The average Bonchev–Trinajstić information content (AvgIpc) is 3.19. The molecule has 0 heterocycles. The maximum absolute atomic E-state index is 12.6. The van der Waals surface area contributed by atoms with Gasteiger partial charge in [-0.15, -0.1) is 0 Å². The Labute approximate surface area is 345 Å². The standard InChI is InChI=1S/C45H80NO10P/c1-3-5-7-9-11-13-15-17-19-20-21-23-24-26-28-30-32-34-36-43(47)53-38-41(39-54-57(51,52)55-40-42(46)45(49)50)56-44(48)37-35-33-31-29-27-25-22-18-16-14-12-10-8-6-4-2/h6,8,12,14,18-20,22,41-42H,3-5,7,9-11,13,15-17,21,23-40,46H2,1-2H3,(H,49,50)(H,51,52)/b8-6-,14-12-,20-19-,22-18-. The number of phosphoric acid groups is 1. The molecule has 0 aliphatic rings. The summed E-state index contributed by atoms with van der Waals surface area (Å²) in [6, 6.07) is -1.53. The van der Waals surface area contributed by atoms with Crippen LogP contribution >= 0.6 is 7.82 Å². The number of hydrogen-bond acceptors (Lipinski definition) is 9. The van der Waals surface area contributed by atoms with Gasteiger partial charge in [-0.1, -0.05) is 152 Å². The average molecular weight is 826 g/mol. The highest BCUT2D eigenvalue weighted by atomic mass is 31.2. The van der Waals surface area contributed by atoms with Gasteiger partial charge in [0, 0.05) is 12.8 Å². The Balaban J connectivity index is 4.36. The quantitative estimate of drug-likeness (QED) is 0.0232. The van der Waals surface area contributed by atoms with Crippen LogP contribution in [0.25, 0.3) is 0 Å². The van der Waals surface area contributed by atoms with Gasteiger partial charge in [-0.25, -0.2) is 4.57 Å². The second-order valence-electron chi connectivity index (χ2n) is 14.8. The SMILES string of the molecule is CC/C=C\C/C=C\C/C=C\CCCCCCCC(=O)OC(COC(=O)CCCCCCCCC/C=C\CCCCCCCCC)COP(=O)(O)OCC(N)C(=O)O. The first-order valence-corrected chi connectivity index (χ1v) is 23.7. The summed E-state index contributed by atoms with van der Waals surface area (Å²) in [5.41, 5.74) is 5.33. The molecule has 0 fully saturated rings. The van der Waals surface area contributed by atoms with Crippen LogP contribution in [0.15, 0.2) is 48.6 Å². The van der Waals surface area contributed by atoms with E-state index in [0.717, 1.165) is 77.0 Å². The van der Waals surface area contributed by atoms with Crippen molar-refractivity contribution in [2.75, 3.05) is 19.8 Å². The van der Waals surface area contributed by atoms with Crippen molar-refractivity contribution in [1.82, 2.24) is 0 Å². The highest BCUT2D eigenvalue weighted by Gasteiger charge is 2.28. The number of ether oxygens (including phenoxy) is 2. The van der Waals surface area contributed by atoms with Crippen molar-refractivity contribution >= 4 is 25.7 Å². The Bertz CT molecular complexity index is 1150. The lowest BCUT2D eigenvalue weighted by atomic mass is 10.1. The molecule has 0 aromatic rings. The van der Waals surface area contributed by atoms with E-state index in [1.165, 1.54) is 70.6 Å². The second kappa shape index (κ2) is 40.2. The van der Waals surface area contributed by atoms with Gasteiger partial charge >= 0.3 is 25.7 Å². The predicted molar refractivity (Wildman–Crippen MR) is 231 cm³/mol. The molecule has 0 radical (unpaired) electrons. The number of carbonyl (C=O) groups excluding carboxylic acids is 2. The number of carboxylic acid groups (broad SMARTS) is 1. The molecule has 0 spiro atoms. The first-order valence-electron chi connectivity index (χ1n) is 22.2. The van der Waals surface area contributed by atoms with E-state index < -0.39 is 51.1 Å². The van der Waals surface area contributed by atoms with E-state index in [1.807, 2.05) is 0 Å². The monoisotopic (exact) mass is 826 g/mol. The third-order valence-corrected chi connectivity index (χ3v) is 10.3. The first-order chi connectivity index (χ1) is 27.6. The van der Waals surface area contributed by atoms with Crippen molar-refractivity contribution in [2.45, 2.75) is 199 Å². The number of nitrogens with two attached hydrogens (primary N) is 1. The molecule has 11 nitrogen and oxygen atoms in total. The fraction of sp³-hybridized carbons (Fsp3) is 0.756. The molecule has 3 atom stereocenters. The minimum Gasteiger partial charge on any atom is -0.480 e. The highest BCUT2D eigenvalue weighted by molar-refractivity contribution is 7.47. The summed E-state index contributed by atoms with van der Waals surface area (Å²) in [5, 5.41) is 8.89. The van der Waals surface area contributed by atoms with Crippen LogP contribution in [0, 0.1) is 0 Å². The number of phosphoric ester groups is 1. The summed E-state index contributed by atoms with van der Waals surface area (Å²) >= 11 is 0. The summed E-state index contributed by atoms with van der Waals surface area (Å²) in [7, 11) is -4.72. The fourth-order valence-corrected chi connectivity index (χ4v) is 6.62. The number of allylic oxidation sites excluding steroid dienone is 8. The van der Waals surface area contributed by atoms with Crippen LogP contribution in [0.1, 0.15) is 187 Å². The molecule has 57 heavy (non-hydrogen) atoms. The Hall–Kier alpha value is -2.56. The molecule has 0 aliphatic carbocycles. The van der Waals surface area contributed by atoms with E-state index in [9.17, 15) is 23.8 Å². The molecule has 0 saturated heterocycles. The van der Waals surface area contributed by atoms with Gasteiger partial charge < -0.3 is 25.2 Å². The molecular weight excluding hydrogens is 745 g/mol. The van der Waals surface area contributed by atoms with Crippen LogP contribution in [0.4, 0.5) is 0 Å². The number of unbranched alkanes of at least 4 members (excludes halogenated alkanes) is 19. The molecule has 330 valence electrons. The van der Waals surface area contributed by atoms with E-state index in [0.29, 0.717) is 12.8 Å². The van der Waals surface area contributed by atoms with Gasteiger partial charge in [0.25, 0.3) is 0 Å². The fourth-order valence-electron chi connectivity index (χ4n) is 5.84. The maximum atomic E-state index is 12.6. The Morgan fingerprint density at radius 3 is 1.49 bits per heavy atom. The van der Waals surface area contributed by atoms with Crippen molar-refractivity contribution in [1.29, 1.82) is 0 Å². The normalized spacial score (nSPS) is 14.2. The van der Waals surface area contributed by atoms with Gasteiger partial charge in [0.2, 0.25) is 0 Å². The van der Waals surface area contributed by atoms with E-state index >= 15 is 0 Å². The first kappa shape index (κ1) is 54.4. The topological polar surface area (TPSA) is 172 Å². The van der Waals surface area contributed by atoms with Gasteiger partial charge in [0.05, 0.1) is 13.2 Å². The minimum absolute atomic E-state index is 0.140. The van der Waals surface area contributed by atoms with Crippen molar-refractivity contribution < 1.29 is 47.5 Å². The van der Waals surface area contributed by atoms with Crippen molar-refractivity contribution in [3.8, 4) is 0 Å². The lowest BCUT2D eigenvalue weighted by Crippen LogP contribution is -2.34. The predicted octanol–water partition coefficient (Wildman–Crippen LogP) is 11.8. The third-order valence-electron chi connectivity index (χ3n) is 9.31.